The van der Waals surface area contributed by atoms with Gasteiger partial charge in [-0.25, -0.2) is 0 Å². The van der Waals surface area contributed by atoms with Gasteiger partial charge < -0.3 is 5.32 Å². The first kappa shape index (κ1) is 18.1. The summed E-state index contributed by atoms with van der Waals surface area (Å²) in [5, 5.41) is 11.4. The standard InChI is InChI=1S/C18H26N4O2/c1-12(2)8-7-9-13(3)19-17(23)14(4)22-18(24)15-10-5-6-11-16(15)20-21-22/h5-6,10-14H,7-9H2,1-4H3,(H,19,23)/t13-,14-/m1/s1. The van der Waals surface area contributed by atoms with Crippen LogP contribution in [0.2, 0.25) is 0 Å². The van der Waals surface area contributed by atoms with E-state index in [1.807, 2.05) is 6.92 Å². The lowest BCUT2D eigenvalue weighted by atomic mass is 10.0. The number of hydrogen-bond acceptors (Lipinski definition) is 4. The van der Waals surface area contributed by atoms with Crippen LogP contribution in [-0.4, -0.2) is 26.9 Å². The maximum atomic E-state index is 12.5. The zero-order valence-electron chi connectivity index (χ0n) is 14.8. The van der Waals surface area contributed by atoms with Crippen molar-refractivity contribution in [3.63, 3.8) is 0 Å². The third-order valence-electron chi connectivity index (χ3n) is 4.14. The monoisotopic (exact) mass is 330 g/mol. The van der Waals surface area contributed by atoms with Crippen LogP contribution in [0.3, 0.4) is 0 Å². The van der Waals surface area contributed by atoms with Crippen LogP contribution in [-0.2, 0) is 4.79 Å². The van der Waals surface area contributed by atoms with Crippen molar-refractivity contribution >= 4 is 16.8 Å². The molecule has 0 radical (unpaired) electrons. The molecular weight excluding hydrogens is 304 g/mol. The second-order valence-electron chi connectivity index (χ2n) is 6.77. The second-order valence-corrected chi connectivity index (χ2v) is 6.77. The fourth-order valence-electron chi connectivity index (χ4n) is 2.63. The summed E-state index contributed by atoms with van der Waals surface area (Å²) in [6, 6.07) is 6.38. The molecule has 1 N–H and O–H groups in total. The van der Waals surface area contributed by atoms with E-state index in [1.165, 1.54) is 0 Å². The summed E-state index contributed by atoms with van der Waals surface area (Å²) < 4.78 is 1.15. The van der Waals surface area contributed by atoms with Crippen molar-refractivity contribution < 1.29 is 4.79 Å². The molecule has 0 saturated heterocycles. The van der Waals surface area contributed by atoms with Gasteiger partial charge in [0.1, 0.15) is 11.6 Å². The highest BCUT2D eigenvalue weighted by molar-refractivity contribution is 5.81. The predicted molar refractivity (Wildman–Crippen MR) is 94.8 cm³/mol. The van der Waals surface area contributed by atoms with Gasteiger partial charge in [0.2, 0.25) is 5.91 Å². The SMILES string of the molecule is CC(C)CCC[C@@H](C)NC(=O)[C@@H](C)n1nnc2ccccc2c1=O. The fourth-order valence-corrected chi connectivity index (χ4v) is 2.63. The molecule has 1 amide bonds. The minimum absolute atomic E-state index is 0.0721. The Morgan fingerprint density at radius 3 is 2.58 bits per heavy atom. The van der Waals surface area contributed by atoms with Crippen LogP contribution in [0, 0.1) is 5.92 Å². The van der Waals surface area contributed by atoms with Crippen molar-refractivity contribution in [2.24, 2.45) is 5.92 Å². The van der Waals surface area contributed by atoms with Gasteiger partial charge in [-0.15, -0.1) is 5.10 Å². The molecule has 0 unspecified atom stereocenters. The van der Waals surface area contributed by atoms with E-state index in [2.05, 4.69) is 29.5 Å². The smallest absolute Gasteiger partial charge is 0.278 e. The topological polar surface area (TPSA) is 76.9 Å². The van der Waals surface area contributed by atoms with Crippen molar-refractivity contribution in [1.29, 1.82) is 0 Å². The Balaban J connectivity index is 2.05. The van der Waals surface area contributed by atoms with E-state index >= 15 is 0 Å². The highest BCUT2D eigenvalue weighted by Crippen LogP contribution is 2.10. The number of nitrogens with one attached hydrogen (secondary N) is 1. The maximum Gasteiger partial charge on any atom is 0.278 e. The van der Waals surface area contributed by atoms with E-state index in [-0.39, 0.29) is 17.5 Å². The summed E-state index contributed by atoms with van der Waals surface area (Å²) in [6.07, 6.45) is 3.14. The lowest BCUT2D eigenvalue weighted by Crippen LogP contribution is -2.41. The minimum Gasteiger partial charge on any atom is -0.352 e. The van der Waals surface area contributed by atoms with E-state index in [0.717, 1.165) is 23.9 Å². The number of rotatable bonds is 7. The number of hydrogen-bond donors (Lipinski definition) is 1. The van der Waals surface area contributed by atoms with Gasteiger partial charge in [-0.2, -0.15) is 4.68 Å². The summed E-state index contributed by atoms with van der Waals surface area (Å²) in [4.78, 5) is 24.9. The summed E-state index contributed by atoms with van der Waals surface area (Å²) in [6.45, 7) is 8.03. The molecule has 0 aliphatic carbocycles. The first-order valence-electron chi connectivity index (χ1n) is 8.54. The van der Waals surface area contributed by atoms with Crippen molar-refractivity contribution in [2.75, 3.05) is 0 Å². The Kier molecular flexibility index (Phi) is 6.06. The molecule has 1 heterocycles. The van der Waals surface area contributed by atoms with Crippen molar-refractivity contribution in [2.45, 2.75) is 59.0 Å². The van der Waals surface area contributed by atoms with Crippen molar-refractivity contribution in [1.82, 2.24) is 20.3 Å². The van der Waals surface area contributed by atoms with Crippen LogP contribution in [0.5, 0.6) is 0 Å². The van der Waals surface area contributed by atoms with Gasteiger partial charge in [0.25, 0.3) is 5.56 Å². The average molecular weight is 330 g/mol. The molecule has 0 aliphatic rings. The molecule has 6 nitrogen and oxygen atoms in total. The van der Waals surface area contributed by atoms with Gasteiger partial charge >= 0.3 is 0 Å². The van der Waals surface area contributed by atoms with Gasteiger partial charge in [0.15, 0.2) is 0 Å². The molecule has 2 aromatic rings. The Morgan fingerprint density at radius 2 is 1.88 bits per heavy atom. The average Bonchev–Trinajstić information content (AvgIpc) is 2.54. The highest BCUT2D eigenvalue weighted by Gasteiger charge is 2.20. The lowest BCUT2D eigenvalue weighted by molar-refractivity contribution is -0.124. The zero-order valence-corrected chi connectivity index (χ0v) is 14.8. The molecule has 2 atom stereocenters. The minimum atomic E-state index is -0.692. The molecule has 2 rings (SSSR count). The summed E-state index contributed by atoms with van der Waals surface area (Å²) in [5.74, 6) is 0.456. The quantitative estimate of drug-likeness (QED) is 0.847. The highest BCUT2D eigenvalue weighted by atomic mass is 16.2. The van der Waals surface area contributed by atoms with Crippen molar-refractivity contribution in [3.8, 4) is 0 Å². The molecule has 1 aromatic carbocycles. The molecule has 0 saturated carbocycles. The molecule has 24 heavy (non-hydrogen) atoms. The molecule has 0 fully saturated rings. The molecule has 1 aromatic heterocycles. The fraction of sp³-hybridized carbons (Fsp3) is 0.556. The predicted octanol–water partition coefficient (Wildman–Crippen LogP) is 2.68. The Morgan fingerprint density at radius 1 is 1.17 bits per heavy atom. The van der Waals surface area contributed by atoms with Crippen LogP contribution < -0.4 is 10.9 Å². The first-order chi connectivity index (χ1) is 11.4. The Hall–Kier alpha value is -2.24. The van der Waals surface area contributed by atoms with Gasteiger partial charge in [0.05, 0.1) is 5.39 Å². The van der Waals surface area contributed by atoms with Crippen LogP contribution in [0.25, 0.3) is 10.9 Å². The van der Waals surface area contributed by atoms with Crippen LogP contribution in [0.1, 0.15) is 53.0 Å². The number of aromatic nitrogens is 3. The van der Waals surface area contributed by atoms with Gasteiger partial charge in [-0.3, -0.25) is 9.59 Å². The molecule has 130 valence electrons. The number of carbonyl (C=O) groups excluding carboxylic acids is 1. The zero-order chi connectivity index (χ0) is 17.7. The number of amides is 1. The van der Waals surface area contributed by atoms with Crippen LogP contribution >= 0.6 is 0 Å². The summed E-state index contributed by atoms with van der Waals surface area (Å²) >= 11 is 0. The Labute approximate surface area is 142 Å². The number of nitrogens with zero attached hydrogens (tertiary/aromatic N) is 3. The molecule has 0 spiro atoms. The van der Waals surface area contributed by atoms with E-state index < -0.39 is 6.04 Å². The van der Waals surface area contributed by atoms with Crippen molar-refractivity contribution in [3.05, 3.63) is 34.6 Å². The van der Waals surface area contributed by atoms with E-state index in [4.69, 9.17) is 0 Å². The molecular formula is C18H26N4O2. The number of fused-ring (bicyclic) bond motifs is 1. The number of carbonyl (C=O) groups is 1. The largest absolute Gasteiger partial charge is 0.352 e. The van der Waals surface area contributed by atoms with E-state index in [0.29, 0.717) is 16.8 Å². The third kappa shape index (κ3) is 4.40. The first-order valence-corrected chi connectivity index (χ1v) is 8.54. The van der Waals surface area contributed by atoms with Gasteiger partial charge in [-0.05, 0) is 38.3 Å². The third-order valence-corrected chi connectivity index (χ3v) is 4.14. The Bertz CT molecular complexity index is 754. The second kappa shape index (κ2) is 8.04. The van der Waals surface area contributed by atoms with Gasteiger partial charge in [0, 0.05) is 6.04 Å². The summed E-state index contributed by atoms with van der Waals surface area (Å²) in [7, 11) is 0. The van der Waals surface area contributed by atoms with E-state index in [1.54, 1.807) is 31.2 Å². The van der Waals surface area contributed by atoms with Crippen LogP contribution in [0.4, 0.5) is 0 Å². The lowest BCUT2D eigenvalue weighted by Gasteiger charge is -2.18. The van der Waals surface area contributed by atoms with E-state index in [9.17, 15) is 9.59 Å². The summed E-state index contributed by atoms with van der Waals surface area (Å²) in [5.41, 5.74) is 0.240. The maximum absolute atomic E-state index is 12.5. The van der Waals surface area contributed by atoms with Crippen LogP contribution in [0.15, 0.2) is 29.1 Å². The number of benzene rings is 1. The molecule has 6 heteroatoms. The molecule has 0 bridgehead atoms. The normalized spacial score (nSPS) is 13.9. The van der Waals surface area contributed by atoms with Gasteiger partial charge in [-0.1, -0.05) is 44.0 Å². The molecule has 0 aliphatic heterocycles.